The number of anilines is 1. The van der Waals surface area contributed by atoms with Crippen LogP contribution in [0.3, 0.4) is 0 Å². The highest BCUT2D eigenvalue weighted by Gasteiger charge is 2.20. The molecule has 2 aromatic carbocycles. The normalized spacial score (nSPS) is 10.8. The minimum atomic E-state index is -0.0172. The van der Waals surface area contributed by atoms with E-state index >= 15 is 0 Å². The molecule has 2 aromatic heterocycles. The quantitative estimate of drug-likeness (QED) is 0.262. The summed E-state index contributed by atoms with van der Waals surface area (Å²) >= 11 is 1.38. The SMILES string of the molecule is C=CCN(C(=O)CSc1nnc(-c2ccoc2C)n1Cc1ccccc1)c1ccccc1. The number of rotatable bonds is 9. The largest absolute Gasteiger partial charge is 0.469 e. The van der Waals surface area contributed by atoms with Gasteiger partial charge < -0.3 is 9.32 Å². The number of aryl methyl sites for hydroxylation is 1. The molecule has 4 rings (SSSR count). The van der Waals surface area contributed by atoms with E-state index in [2.05, 4.69) is 28.9 Å². The molecule has 0 bridgehead atoms. The van der Waals surface area contributed by atoms with Gasteiger partial charge in [0.2, 0.25) is 5.91 Å². The predicted octanol–water partition coefficient (Wildman–Crippen LogP) is 5.21. The molecule has 162 valence electrons. The van der Waals surface area contributed by atoms with Gasteiger partial charge >= 0.3 is 0 Å². The van der Waals surface area contributed by atoms with E-state index in [1.807, 2.05) is 66.1 Å². The maximum atomic E-state index is 13.1. The Morgan fingerprint density at radius 1 is 1.09 bits per heavy atom. The van der Waals surface area contributed by atoms with Crippen LogP contribution in [0.25, 0.3) is 11.4 Å². The van der Waals surface area contributed by atoms with E-state index in [9.17, 15) is 4.79 Å². The van der Waals surface area contributed by atoms with Crippen LogP contribution in [0, 0.1) is 6.92 Å². The van der Waals surface area contributed by atoms with Crippen molar-refractivity contribution in [3.8, 4) is 11.4 Å². The third kappa shape index (κ3) is 4.84. The molecular formula is C25H24N4O2S. The molecule has 7 heteroatoms. The predicted molar refractivity (Wildman–Crippen MR) is 128 cm³/mol. The summed E-state index contributed by atoms with van der Waals surface area (Å²) < 4.78 is 7.51. The van der Waals surface area contributed by atoms with E-state index in [-0.39, 0.29) is 11.7 Å². The number of amides is 1. The van der Waals surface area contributed by atoms with E-state index in [0.717, 1.165) is 28.4 Å². The fourth-order valence-corrected chi connectivity index (χ4v) is 4.23. The molecule has 4 aromatic rings. The third-order valence-corrected chi connectivity index (χ3v) is 5.96. The van der Waals surface area contributed by atoms with Gasteiger partial charge in [-0.05, 0) is 30.7 Å². The van der Waals surface area contributed by atoms with Crippen molar-refractivity contribution in [2.45, 2.75) is 18.6 Å². The summed E-state index contributed by atoms with van der Waals surface area (Å²) in [4.78, 5) is 14.8. The number of aromatic nitrogens is 3. The van der Waals surface area contributed by atoms with Gasteiger partial charge in [-0.2, -0.15) is 0 Å². The maximum Gasteiger partial charge on any atom is 0.237 e. The van der Waals surface area contributed by atoms with E-state index in [1.54, 1.807) is 17.2 Å². The molecule has 0 unspecified atom stereocenters. The van der Waals surface area contributed by atoms with Crippen molar-refractivity contribution >= 4 is 23.4 Å². The molecule has 0 spiro atoms. The Morgan fingerprint density at radius 3 is 2.47 bits per heavy atom. The van der Waals surface area contributed by atoms with Crippen molar-refractivity contribution in [1.82, 2.24) is 14.8 Å². The number of furan rings is 1. The number of para-hydroxylation sites is 1. The highest BCUT2D eigenvalue weighted by atomic mass is 32.2. The summed E-state index contributed by atoms with van der Waals surface area (Å²) in [5.41, 5.74) is 2.86. The average Bonchev–Trinajstić information content (AvgIpc) is 3.42. The molecule has 0 aliphatic heterocycles. The van der Waals surface area contributed by atoms with Crippen LogP contribution in [0.5, 0.6) is 0 Å². The molecule has 6 nitrogen and oxygen atoms in total. The second-order valence-corrected chi connectivity index (χ2v) is 8.13. The van der Waals surface area contributed by atoms with Gasteiger partial charge in [-0.25, -0.2) is 0 Å². The van der Waals surface area contributed by atoms with Crippen molar-refractivity contribution in [1.29, 1.82) is 0 Å². The van der Waals surface area contributed by atoms with Crippen molar-refractivity contribution in [3.05, 3.63) is 97.0 Å². The average molecular weight is 445 g/mol. The Balaban J connectivity index is 1.59. The van der Waals surface area contributed by atoms with Gasteiger partial charge in [-0.1, -0.05) is 66.4 Å². The molecule has 0 N–H and O–H groups in total. The Bertz CT molecular complexity index is 1190. The lowest BCUT2D eigenvalue weighted by Gasteiger charge is -2.21. The molecule has 0 aliphatic rings. The summed E-state index contributed by atoms with van der Waals surface area (Å²) in [7, 11) is 0. The van der Waals surface area contributed by atoms with Crippen molar-refractivity contribution in [2.24, 2.45) is 0 Å². The van der Waals surface area contributed by atoms with Crippen molar-refractivity contribution in [3.63, 3.8) is 0 Å². The summed E-state index contributed by atoms with van der Waals surface area (Å²) in [6.07, 6.45) is 3.38. The number of nitrogens with zero attached hydrogens (tertiary/aromatic N) is 4. The number of hydrogen-bond acceptors (Lipinski definition) is 5. The molecule has 2 heterocycles. The summed E-state index contributed by atoms with van der Waals surface area (Å²) in [5.74, 6) is 1.72. The van der Waals surface area contributed by atoms with Gasteiger partial charge in [-0.3, -0.25) is 9.36 Å². The number of benzene rings is 2. The number of carbonyl (C=O) groups is 1. The Morgan fingerprint density at radius 2 is 1.81 bits per heavy atom. The topological polar surface area (TPSA) is 64.2 Å². The standard InChI is InChI=1S/C25H24N4O2S/c1-3-15-28(21-12-8-5-9-13-21)23(30)18-32-25-27-26-24(22-14-16-31-19(22)2)29(25)17-20-10-6-4-7-11-20/h3-14,16H,1,15,17-18H2,2H3. The first-order chi connectivity index (χ1) is 15.7. The molecular weight excluding hydrogens is 420 g/mol. The highest BCUT2D eigenvalue weighted by Crippen LogP contribution is 2.28. The van der Waals surface area contributed by atoms with Crippen LogP contribution >= 0.6 is 11.8 Å². The molecule has 0 fully saturated rings. The van der Waals surface area contributed by atoms with Gasteiger partial charge in [0.1, 0.15) is 5.76 Å². The molecule has 1 amide bonds. The number of carbonyl (C=O) groups excluding carboxylic acids is 1. The summed E-state index contributed by atoms with van der Waals surface area (Å²) in [5, 5.41) is 9.51. The van der Waals surface area contributed by atoms with Gasteiger partial charge in [0.15, 0.2) is 11.0 Å². The first-order valence-electron chi connectivity index (χ1n) is 10.3. The van der Waals surface area contributed by atoms with Crippen LogP contribution in [0.1, 0.15) is 11.3 Å². The van der Waals surface area contributed by atoms with Crippen LogP contribution in [-0.4, -0.2) is 33.0 Å². The number of thioether (sulfide) groups is 1. The summed E-state index contributed by atoms with van der Waals surface area (Å²) in [6.45, 7) is 6.74. The second kappa shape index (κ2) is 10.2. The van der Waals surface area contributed by atoms with Crippen LogP contribution in [0.15, 0.2) is 95.2 Å². The zero-order valence-electron chi connectivity index (χ0n) is 17.8. The van der Waals surface area contributed by atoms with Crippen LogP contribution in [0.4, 0.5) is 5.69 Å². The zero-order valence-corrected chi connectivity index (χ0v) is 18.7. The van der Waals surface area contributed by atoms with Crippen LogP contribution in [0.2, 0.25) is 0 Å². The second-order valence-electron chi connectivity index (χ2n) is 7.19. The number of hydrogen-bond donors (Lipinski definition) is 0. The Hall–Kier alpha value is -3.58. The molecule has 0 saturated carbocycles. The molecule has 0 saturated heterocycles. The minimum Gasteiger partial charge on any atom is -0.469 e. The van der Waals surface area contributed by atoms with Crippen LogP contribution in [-0.2, 0) is 11.3 Å². The fraction of sp³-hybridized carbons (Fsp3) is 0.160. The monoisotopic (exact) mass is 444 g/mol. The highest BCUT2D eigenvalue weighted by molar-refractivity contribution is 7.99. The van der Waals surface area contributed by atoms with Gasteiger partial charge in [0.25, 0.3) is 0 Å². The lowest BCUT2D eigenvalue weighted by Crippen LogP contribution is -2.32. The first-order valence-corrected chi connectivity index (χ1v) is 11.3. The summed E-state index contributed by atoms with van der Waals surface area (Å²) in [6, 6.07) is 21.6. The molecule has 32 heavy (non-hydrogen) atoms. The van der Waals surface area contributed by atoms with E-state index in [4.69, 9.17) is 4.42 Å². The fourth-order valence-electron chi connectivity index (χ4n) is 3.41. The van der Waals surface area contributed by atoms with Crippen molar-refractivity contribution in [2.75, 3.05) is 17.2 Å². The molecule has 0 radical (unpaired) electrons. The van der Waals surface area contributed by atoms with E-state index in [1.165, 1.54) is 11.8 Å². The lowest BCUT2D eigenvalue weighted by molar-refractivity contribution is -0.116. The Kier molecular flexibility index (Phi) is 6.87. The Labute approximate surface area is 191 Å². The maximum absolute atomic E-state index is 13.1. The van der Waals surface area contributed by atoms with Gasteiger partial charge in [0.05, 0.1) is 24.1 Å². The zero-order chi connectivity index (χ0) is 22.3. The van der Waals surface area contributed by atoms with Crippen molar-refractivity contribution < 1.29 is 9.21 Å². The van der Waals surface area contributed by atoms with Crippen LogP contribution < -0.4 is 4.90 Å². The van der Waals surface area contributed by atoms with E-state index < -0.39 is 0 Å². The minimum absolute atomic E-state index is 0.0172. The third-order valence-electron chi connectivity index (χ3n) is 5.01. The first kappa shape index (κ1) is 21.6. The smallest absolute Gasteiger partial charge is 0.237 e. The lowest BCUT2D eigenvalue weighted by atomic mass is 10.2. The molecule has 0 atom stereocenters. The molecule has 0 aliphatic carbocycles. The van der Waals surface area contributed by atoms with Gasteiger partial charge in [-0.15, -0.1) is 16.8 Å². The van der Waals surface area contributed by atoms with Gasteiger partial charge in [0, 0.05) is 12.2 Å². The van der Waals surface area contributed by atoms with E-state index in [0.29, 0.717) is 18.2 Å².